The number of benzene rings is 1. The second kappa shape index (κ2) is 9.07. The van der Waals surface area contributed by atoms with Crippen molar-refractivity contribution < 1.29 is 9.53 Å². The zero-order chi connectivity index (χ0) is 20.9. The molecule has 1 fully saturated rings. The molecule has 1 amide bonds. The topological polar surface area (TPSA) is 80.2 Å². The summed E-state index contributed by atoms with van der Waals surface area (Å²) in [6.45, 7) is 6.27. The fourth-order valence-electron chi connectivity index (χ4n) is 3.85. The number of piperidine rings is 1. The summed E-state index contributed by atoms with van der Waals surface area (Å²) < 4.78 is 5.48. The fraction of sp³-hybridized carbons (Fsp3) is 0.391. The molecule has 156 valence electrons. The standard InChI is InChI=1S/C23H27N5O2/c1-3-30-20-6-4-17(5-7-20)16(2)27-23(29)18-8-12-28(13-9-18)19-14-21-22(26-15-19)25-11-10-24-21/h4-7,10-11,14-16,18H,3,8-9,12-13H2,1-2H3,(H,27,29)/t16-/m0/s1. The van der Waals surface area contributed by atoms with Crippen LogP contribution in [0.4, 0.5) is 5.69 Å². The van der Waals surface area contributed by atoms with E-state index in [1.165, 1.54) is 0 Å². The average Bonchev–Trinajstić information content (AvgIpc) is 2.79. The third-order valence-electron chi connectivity index (χ3n) is 5.59. The van der Waals surface area contributed by atoms with Crippen LogP contribution >= 0.6 is 0 Å². The van der Waals surface area contributed by atoms with E-state index in [4.69, 9.17) is 4.74 Å². The molecule has 7 nitrogen and oxygen atoms in total. The molecule has 0 spiro atoms. The number of hydrogen-bond acceptors (Lipinski definition) is 6. The smallest absolute Gasteiger partial charge is 0.223 e. The molecule has 0 unspecified atom stereocenters. The van der Waals surface area contributed by atoms with E-state index in [1.807, 2.05) is 50.4 Å². The summed E-state index contributed by atoms with van der Waals surface area (Å²) in [7, 11) is 0. The molecular weight excluding hydrogens is 378 g/mol. The van der Waals surface area contributed by atoms with Gasteiger partial charge in [-0.3, -0.25) is 9.78 Å². The summed E-state index contributed by atoms with van der Waals surface area (Å²) in [6, 6.07) is 9.89. The molecule has 0 aliphatic carbocycles. The third kappa shape index (κ3) is 4.50. The molecule has 3 heterocycles. The second-order valence-electron chi connectivity index (χ2n) is 7.59. The van der Waals surface area contributed by atoms with Gasteiger partial charge in [0.2, 0.25) is 5.91 Å². The highest BCUT2D eigenvalue weighted by Crippen LogP contribution is 2.25. The van der Waals surface area contributed by atoms with Crippen LogP contribution in [0, 0.1) is 5.92 Å². The number of ether oxygens (including phenoxy) is 1. The van der Waals surface area contributed by atoms with Crippen molar-refractivity contribution in [2.24, 2.45) is 5.92 Å². The van der Waals surface area contributed by atoms with Gasteiger partial charge in [-0.1, -0.05) is 12.1 Å². The van der Waals surface area contributed by atoms with Crippen LogP contribution in [0.1, 0.15) is 38.3 Å². The Labute approximate surface area is 176 Å². The largest absolute Gasteiger partial charge is 0.494 e. The Kier molecular flexibility index (Phi) is 6.07. The van der Waals surface area contributed by atoms with Gasteiger partial charge in [0.15, 0.2) is 5.65 Å². The maximum atomic E-state index is 12.8. The SMILES string of the molecule is CCOc1ccc([C@H](C)NC(=O)C2CCN(c3cnc4nccnc4c3)CC2)cc1. The summed E-state index contributed by atoms with van der Waals surface area (Å²) in [6.07, 6.45) is 6.80. The number of amides is 1. The third-order valence-corrected chi connectivity index (χ3v) is 5.59. The quantitative estimate of drug-likeness (QED) is 0.676. The lowest BCUT2D eigenvalue weighted by atomic mass is 9.95. The van der Waals surface area contributed by atoms with E-state index >= 15 is 0 Å². The van der Waals surface area contributed by atoms with Gasteiger partial charge in [-0.15, -0.1) is 0 Å². The highest BCUT2D eigenvalue weighted by atomic mass is 16.5. The van der Waals surface area contributed by atoms with E-state index in [0.29, 0.717) is 12.3 Å². The maximum absolute atomic E-state index is 12.8. The van der Waals surface area contributed by atoms with Gasteiger partial charge in [-0.05, 0) is 50.5 Å². The zero-order valence-corrected chi connectivity index (χ0v) is 17.4. The van der Waals surface area contributed by atoms with Gasteiger partial charge in [-0.25, -0.2) is 9.97 Å². The highest BCUT2D eigenvalue weighted by molar-refractivity contribution is 5.79. The molecule has 0 bridgehead atoms. The van der Waals surface area contributed by atoms with Crippen LogP contribution in [0.3, 0.4) is 0 Å². The van der Waals surface area contributed by atoms with E-state index in [1.54, 1.807) is 12.4 Å². The van der Waals surface area contributed by atoms with Crippen LogP contribution in [0.25, 0.3) is 11.2 Å². The summed E-state index contributed by atoms with van der Waals surface area (Å²) in [4.78, 5) is 28.0. The second-order valence-corrected chi connectivity index (χ2v) is 7.59. The fourth-order valence-corrected chi connectivity index (χ4v) is 3.85. The zero-order valence-electron chi connectivity index (χ0n) is 17.4. The molecular formula is C23H27N5O2. The number of carbonyl (C=O) groups excluding carboxylic acids is 1. The minimum absolute atomic E-state index is 0.0274. The summed E-state index contributed by atoms with van der Waals surface area (Å²) in [5.74, 6) is 0.999. The number of anilines is 1. The van der Waals surface area contributed by atoms with E-state index in [9.17, 15) is 4.79 Å². The first-order valence-corrected chi connectivity index (χ1v) is 10.5. The monoisotopic (exact) mass is 405 g/mol. The van der Waals surface area contributed by atoms with E-state index in [0.717, 1.165) is 48.4 Å². The number of aromatic nitrogens is 3. The van der Waals surface area contributed by atoms with Gasteiger partial charge in [0.1, 0.15) is 11.3 Å². The van der Waals surface area contributed by atoms with Crippen molar-refractivity contribution in [2.45, 2.75) is 32.7 Å². The molecule has 4 rings (SSSR count). The van der Waals surface area contributed by atoms with Gasteiger partial charge >= 0.3 is 0 Å². The molecule has 1 aliphatic heterocycles. The highest BCUT2D eigenvalue weighted by Gasteiger charge is 2.26. The molecule has 7 heteroatoms. The van der Waals surface area contributed by atoms with Gasteiger partial charge in [-0.2, -0.15) is 0 Å². The van der Waals surface area contributed by atoms with Crippen LogP contribution < -0.4 is 15.0 Å². The number of carbonyl (C=O) groups is 1. The van der Waals surface area contributed by atoms with Gasteiger partial charge in [0.25, 0.3) is 0 Å². The van der Waals surface area contributed by atoms with E-state index < -0.39 is 0 Å². The summed E-state index contributed by atoms with van der Waals surface area (Å²) in [5, 5.41) is 3.17. The lowest BCUT2D eigenvalue weighted by molar-refractivity contribution is -0.126. The van der Waals surface area contributed by atoms with Crippen molar-refractivity contribution in [1.82, 2.24) is 20.3 Å². The van der Waals surface area contributed by atoms with Crippen molar-refractivity contribution >= 4 is 22.8 Å². The molecule has 1 atom stereocenters. The molecule has 1 N–H and O–H groups in total. The van der Waals surface area contributed by atoms with Crippen LogP contribution in [0.5, 0.6) is 5.75 Å². The van der Waals surface area contributed by atoms with Gasteiger partial charge < -0.3 is 15.0 Å². The molecule has 1 aromatic carbocycles. The minimum Gasteiger partial charge on any atom is -0.494 e. The predicted octanol–water partition coefficient (Wildman–Crippen LogP) is 3.52. The number of nitrogens with one attached hydrogen (secondary N) is 1. The molecule has 1 saturated heterocycles. The molecule has 30 heavy (non-hydrogen) atoms. The molecule has 1 aliphatic rings. The first-order valence-electron chi connectivity index (χ1n) is 10.5. The summed E-state index contributed by atoms with van der Waals surface area (Å²) >= 11 is 0. The normalized spacial score (nSPS) is 15.7. The van der Waals surface area contributed by atoms with E-state index in [2.05, 4.69) is 25.2 Å². The summed E-state index contributed by atoms with van der Waals surface area (Å²) in [5.41, 5.74) is 3.55. The maximum Gasteiger partial charge on any atom is 0.223 e. The van der Waals surface area contributed by atoms with Crippen molar-refractivity contribution in [3.63, 3.8) is 0 Å². The van der Waals surface area contributed by atoms with Gasteiger partial charge in [0, 0.05) is 31.4 Å². The Bertz CT molecular complexity index is 1000. The number of pyridine rings is 1. The van der Waals surface area contributed by atoms with Crippen molar-refractivity contribution in [2.75, 3.05) is 24.6 Å². The Morgan fingerprint density at radius 2 is 1.90 bits per heavy atom. The van der Waals surface area contributed by atoms with Crippen molar-refractivity contribution in [3.8, 4) is 5.75 Å². The molecule has 0 saturated carbocycles. The van der Waals surface area contributed by atoms with Crippen LogP contribution in [0.2, 0.25) is 0 Å². The van der Waals surface area contributed by atoms with E-state index in [-0.39, 0.29) is 17.9 Å². The molecule has 2 aromatic heterocycles. The van der Waals surface area contributed by atoms with Gasteiger partial charge in [0.05, 0.1) is 24.5 Å². The first-order chi connectivity index (χ1) is 14.6. The molecule has 3 aromatic rings. The van der Waals surface area contributed by atoms with Crippen LogP contribution in [-0.4, -0.2) is 40.6 Å². The Hall–Kier alpha value is -3.22. The minimum atomic E-state index is -0.0329. The molecule has 0 radical (unpaired) electrons. The lowest BCUT2D eigenvalue weighted by Crippen LogP contribution is -2.41. The van der Waals surface area contributed by atoms with Crippen LogP contribution in [0.15, 0.2) is 48.9 Å². The number of hydrogen-bond donors (Lipinski definition) is 1. The Morgan fingerprint density at radius 3 is 2.63 bits per heavy atom. The number of nitrogens with zero attached hydrogens (tertiary/aromatic N) is 4. The number of rotatable bonds is 6. The Morgan fingerprint density at radius 1 is 1.17 bits per heavy atom. The van der Waals surface area contributed by atoms with Crippen molar-refractivity contribution in [3.05, 3.63) is 54.5 Å². The Balaban J connectivity index is 1.32. The number of fused-ring (bicyclic) bond motifs is 1. The first kappa shape index (κ1) is 20.1. The predicted molar refractivity (Wildman–Crippen MR) is 116 cm³/mol. The lowest BCUT2D eigenvalue weighted by Gasteiger charge is -2.33. The van der Waals surface area contributed by atoms with Crippen molar-refractivity contribution in [1.29, 1.82) is 0 Å². The average molecular weight is 406 g/mol. The van der Waals surface area contributed by atoms with Crippen LogP contribution in [-0.2, 0) is 4.79 Å².